The van der Waals surface area contributed by atoms with Crippen LogP contribution in [0.5, 0.6) is 0 Å². The van der Waals surface area contributed by atoms with Crippen molar-refractivity contribution in [3.63, 3.8) is 0 Å². The maximum absolute atomic E-state index is 11.7. The molecule has 1 aliphatic rings. The summed E-state index contributed by atoms with van der Waals surface area (Å²) in [5.41, 5.74) is 0. The van der Waals surface area contributed by atoms with Crippen LogP contribution >= 0.6 is 0 Å². The van der Waals surface area contributed by atoms with Crippen LogP contribution in [0.4, 0.5) is 0 Å². The van der Waals surface area contributed by atoms with Crippen LogP contribution in [0.1, 0.15) is 39.0 Å². The predicted octanol–water partition coefficient (Wildman–Crippen LogP) is 1.06. The van der Waals surface area contributed by atoms with Crippen LogP contribution in [0.15, 0.2) is 0 Å². The summed E-state index contributed by atoms with van der Waals surface area (Å²) in [7, 11) is 1.66. The minimum Gasteiger partial charge on any atom is -0.383 e. The average molecular weight is 228 g/mol. The van der Waals surface area contributed by atoms with Gasteiger partial charge in [0, 0.05) is 19.6 Å². The largest absolute Gasteiger partial charge is 0.383 e. The fourth-order valence-electron chi connectivity index (χ4n) is 2.07. The molecule has 94 valence electrons. The minimum atomic E-state index is 0.142. The van der Waals surface area contributed by atoms with Crippen LogP contribution in [0.2, 0.25) is 0 Å². The number of carbonyl (C=O) groups is 1. The maximum Gasteiger partial charge on any atom is 0.221 e. The number of hydrogen-bond donors (Lipinski definition) is 2. The quantitative estimate of drug-likeness (QED) is 0.714. The molecule has 1 saturated heterocycles. The highest BCUT2D eigenvalue weighted by Crippen LogP contribution is 2.10. The first kappa shape index (κ1) is 13.5. The van der Waals surface area contributed by atoms with Gasteiger partial charge in [-0.1, -0.05) is 13.3 Å². The lowest BCUT2D eigenvalue weighted by Crippen LogP contribution is -2.43. The number of rotatable bonds is 6. The number of amides is 1. The molecule has 0 aliphatic carbocycles. The molecule has 1 heterocycles. The van der Waals surface area contributed by atoms with Gasteiger partial charge in [-0.05, 0) is 25.8 Å². The lowest BCUT2D eigenvalue weighted by Gasteiger charge is -2.24. The van der Waals surface area contributed by atoms with Crippen molar-refractivity contribution in [1.29, 1.82) is 0 Å². The van der Waals surface area contributed by atoms with Crippen molar-refractivity contribution >= 4 is 5.91 Å². The standard InChI is InChI=1S/C12H24N2O2/c1-3-10(9-16-2)14-12(15)8-11-6-4-5-7-13-11/h10-11,13H,3-9H2,1-2H3,(H,14,15). The highest BCUT2D eigenvalue weighted by atomic mass is 16.5. The number of ether oxygens (including phenoxy) is 1. The van der Waals surface area contributed by atoms with E-state index >= 15 is 0 Å². The number of hydrogen-bond acceptors (Lipinski definition) is 3. The Morgan fingerprint density at radius 3 is 2.94 bits per heavy atom. The van der Waals surface area contributed by atoms with Crippen LogP contribution < -0.4 is 10.6 Å². The van der Waals surface area contributed by atoms with E-state index in [4.69, 9.17) is 4.74 Å². The zero-order valence-corrected chi connectivity index (χ0v) is 10.4. The molecule has 0 spiro atoms. The van der Waals surface area contributed by atoms with Gasteiger partial charge in [0.25, 0.3) is 0 Å². The van der Waals surface area contributed by atoms with Gasteiger partial charge in [-0.2, -0.15) is 0 Å². The molecule has 2 atom stereocenters. The van der Waals surface area contributed by atoms with Crippen LogP contribution in [0.3, 0.4) is 0 Å². The highest BCUT2D eigenvalue weighted by Gasteiger charge is 2.17. The highest BCUT2D eigenvalue weighted by molar-refractivity contribution is 5.76. The second-order valence-corrected chi connectivity index (χ2v) is 4.48. The third kappa shape index (κ3) is 4.94. The molecule has 2 unspecified atom stereocenters. The Morgan fingerprint density at radius 1 is 1.56 bits per heavy atom. The van der Waals surface area contributed by atoms with Gasteiger partial charge in [-0.15, -0.1) is 0 Å². The lowest BCUT2D eigenvalue weighted by atomic mass is 10.0. The van der Waals surface area contributed by atoms with Gasteiger partial charge < -0.3 is 15.4 Å². The fraction of sp³-hybridized carbons (Fsp3) is 0.917. The summed E-state index contributed by atoms with van der Waals surface area (Å²) in [6.07, 6.45) is 5.10. The summed E-state index contributed by atoms with van der Waals surface area (Å²) in [4.78, 5) is 11.7. The van der Waals surface area contributed by atoms with E-state index < -0.39 is 0 Å². The number of piperidine rings is 1. The minimum absolute atomic E-state index is 0.142. The lowest BCUT2D eigenvalue weighted by molar-refractivity contribution is -0.122. The Balaban J connectivity index is 2.22. The summed E-state index contributed by atoms with van der Waals surface area (Å²) in [6.45, 7) is 3.70. The van der Waals surface area contributed by atoms with E-state index in [1.807, 2.05) is 0 Å². The van der Waals surface area contributed by atoms with Gasteiger partial charge in [0.1, 0.15) is 0 Å². The molecule has 1 amide bonds. The first-order valence-corrected chi connectivity index (χ1v) is 6.28. The third-order valence-corrected chi connectivity index (χ3v) is 3.07. The Bertz CT molecular complexity index is 194. The summed E-state index contributed by atoms with van der Waals surface area (Å²) >= 11 is 0. The van der Waals surface area contributed by atoms with Crippen LogP contribution in [0, 0.1) is 0 Å². The van der Waals surface area contributed by atoms with Gasteiger partial charge in [-0.25, -0.2) is 0 Å². The predicted molar refractivity (Wildman–Crippen MR) is 64.4 cm³/mol. The Hall–Kier alpha value is -0.610. The zero-order valence-electron chi connectivity index (χ0n) is 10.4. The summed E-state index contributed by atoms with van der Waals surface area (Å²) in [5.74, 6) is 0.142. The van der Waals surface area contributed by atoms with Gasteiger partial charge >= 0.3 is 0 Å². The molecule has 16 heavy (non-hydrogen) atoms. The Labute approximate surface area is 98.1 Å². The van der Waals surface area contributed by atoms with Crippen molar-refractivity contribution in [3.05, 3.63) is 0 Å². The van der Waals surface area contributed by atoms with E-state index in [1.165, 1.54) is 12.8 Å². The van der Waals surface area contributed by atoms with Crippen molar-refractivity contribution in [2.24, 2.45) is 0 Å². The molecule has 0 saturated carbocycles. The summed E-state index contributed by atoms with van der Waals surface area (Å²) in [6, 6.07) is 0.523. The molecule has 4 heteroatoms. The number of nitrogens with one attached hydrogen (secondary N) is 2. The second-order valence-electron chi connectivity index (χ2n) is 4.48. The Kier molecular flexibility index (Phi) is 6.42. The molecular weight excluding hydrogens is 204 g/mol. The topological polar surface area (TPSA) is 50.4 Å². The van der Waals surface area contributed by atoms with Gasteiger partial charge in [0.15, 0.2) is 0 Å². The van der Waals surface area contributed by atoms with Gasteiger partial charge in [0.05, 0.1) is 12.6 Å². The number of methoxy groups -OCH3 is 1. The Morgan fingerprint density at radius 2 is 2.38 bits per heavy atom. The number of carbonyl (C=O) groups excluding carboxylic acids is 1. The molecule has 0 aromatic heterocycles. The van der Waals surface area contributed by atoms with Crippen molar-refractivity contribution in [2.45, 2.75) is 51.1 Å². The van der Waals surface area contributed by atoms with Crippen LogP contribution in [0.25, 0.3) is 0 Å². The van der Waals surface area contributed by atoms with E-state index in [1.54, 1.807) is 7.11 Å². The van der Waals surface area contributed by atoms with E-state index in [0.29, 0.717) is 19.1 Å². The van der Waals surface area contributed by atoms with Crippen LogP contribution in [-0.2, 0) is 9.53 Å². The molecule has 1 fully saturated rings. The molecule has 2 N–H and O–H groups in total. The molecule has 0 radical (unpaired) electrons. The smallest absolute Gasteiger partial charge is 0.221 e. The van der Waals surface area contributed by atoms with Crippen molar-refractivity contribution in [2.75, 3.05) is 20.3 Å². The zero-order chi connectivity index (χ0) is 11.8. The van der Waals surface area contributed by atoms with Crippen molar-refractivity contribution < 1.29 is 9.53 Å². The van der Waals surface area contributed by atoms with E-state index in [9.17, 15) is 4.79 Å². The van der Waals surface area contributed by atoms with E-state index in [-0.39, 0.29) is 11.9 Å². The molecule has 0 bridgehead atoms. The second kappa shape index (κ2) is 7.63. The molecule has 1 aliphatic heterocycles. The van der Waals surface area contributed by atoms with Crippen LogP contribution in [-0.4, -0.2) is 38.3 Å². The normalized spacial score (nSPS) is 22.8. The molecular formula is C12H24N2O2. The first-order chi connectivity index (χ1) is 7.76. The molecule has 4 nitrogen and oxygen atoms in total. The van der Waals surface area contributed by atoms with Gasteiger partial charge in [0.2, 0.25) is 5.91 Å². The summed E-state index contributed by atoms with van der Waals surface area (Å²) in [5, 5.41) is 6.39. The van der Waals surface area contributed by atoms with E-state index in [0.717, 1.165) is 19.4 Å². The monoisotopic (exact) mass is 228 g/mol. The van der Waals surface area contributed by atoms with Crippen molar-refractivity contribution in [1.82, 2.24) is 10.6 Å². The molecule has 1 rings (SSSR count). The van der Waals surface area contributed by atoms with Crippen molar-refractivity contribution in [3.8, 4) is 0 Å². The SMILES string of the molecule is CCC(COC)NC(=O)CC1CCCCN1. The maximum atomic E-state index is 11.7. The fourth-order valence-corrected chi connectivity index (χ4v) is 2.07. The summed E-state index contributed by atoms with van der Waals surface area (Å²) < 4.78 is 5.06. The molecule has 0 aromatic rings. The molecule has 0 aromatic carbocycles. The van der Waals surface area contributed by atoms with E-state index in [2.05, 4.69) is 17.6 Å². The third-order valence-electron chi connectivity index (χ3n) is 3.07. The van der Waals surface area contributed by atoms with Gasteiger partial charge in [-0.3, -0.25) is 4.79 Å². The first-order valence-electron chi connectivity index (χ1n) is 6.28. The average Bonchev–Trinajstić information content (AvgIpc) is 2.29.